The molecule has 1 aliphatic heterocycles. The number of nitrogens with zero attached hydrogens (tertiary/aromatic N) is 7. The van der Waals surface area contributed by atoms with E-state index in [0.29, 0.717) is 11.1 Å². The van der Waals surface area contributed by atoms with Gasteiger partial charge in [-0.2, -0.15) is 13.2 Å². The number of rotatable bonds is 12. The molecule has 3 unspecified atom stereocenters. The number of nitrogens with one attached hydrogen (secondary N) is 2. The quantitative estimate of drug-likeness (QED) is 0.288. The zero-order valence-electron chi connectivity index (χ0n) is 23.4. The number of ether oxygens (including phenoxy) is 1. The van der Waals surface area contributed by atoms with Crippen LogP contribution in [0.3, 0.4) is 0 Å². The second kappa shape index (κ2) is 13.9. The third-order valence-electron chi connectivity index (χ3n) is 6.35. The fourth-order valence-electron chi connectivity index (χ4n) is 4.24. The molecule has 0 spiro atoms. The molecule has 0 bridgehead atoms. The maximum Gasteiger partial charge on any atom is 0.573 e. The molecule has 0 saturated heterocycles. The smallest absolute Gasteiger partial charge is 0.406 e. The molecule has 4 rings (SSSR count). The molecule has 0 aliphatic carbocycles. The van der Waals surface area contributed by atoms with Gasteiger partial charge in [-0.05, 0) is 23.3 Å². The van der Waals surface area contributed by atoms with Gasteiger partial charge in [-0.15, -0.1) is 23.4 Å². The highest BCUT2D eigenvalue weighted by Crippen LogP contribution is 2.31. The third kappa shape index (κ3) is 9.83. The lowest BCUT2D eigenvalue weighted by atomic mass is 9.96. The van der Waals surface area contributed by atoms with Crippen LogP contribution in [0.15, 0.2) is 53.3 Å². The Morgan fingerprint density at radius 2 is 1.62 bits per heavy atom. The van der Waals surface area contributed by atoms with Crippen molar-refractivity contribution >= 4 is 18.0 Å². The number of carbonyl (C=O) groups is 2. The molecule has 3 atom stereocenters. The van der Waals surface area contributed by atoms with Gasteiger partial charge in [-0.25, -0.2) is 9.07 Å². The van der Waals surface area contributed by atoms with E-state index in [1.165, 1.54) is 42.2 Å². The van der Waals surface area contributed by atoms with Crippen LogP contribution < -0.4 is 15.4 Å². The van der Waals surface area contributed by atoms with Crippen LogP contribution in [0.4, 0.5) is 30.7 Å². The molecule has 12 nitrogen and oxygen atoms in total. The van der Waals surface area contributed by atoms with E-state index in [4.69, 9.17) is 0 Å². The number of alkyl halides is 7. The van der Waals surface area contributed by atoms with Crippen LogP contribution in [0.25, 0.3) is 0 Å². The SMILES string of the molecule is CC1C=C(CNC(=O)c2cn(CC(F)CCn3cc(C(=O)NCc4cccc(OC(F)(F)F)c4)nn3)nn2)C=NC1C(F)(F)F. The second-order valence-electron chi connectivity index (χ2n) is 10.0. The summed E-state index contributed by atoms with van der Waals surface area (Å²) in [6.07, 6.45) is -5.91. The summed E-state index contributed by atoms with van der Waals surface area (Å²) in [5.41, 5.74) is 0.527. The molecule has 0 radical (unpaired) electrons. The summed E-state index contributed by atoms with van der Waals surface area (Å²) >= 11 is 0. The first-order chi connectivity index (χ1) is 21.2. The minimum Gasteiger partial charge on any atom is -0.406 e. The average molecular weight is 646 g/mol. The van der Waals surface area contributed by atoms with Gasteiger partial charge in [0.15, 0.2) is 17.4 Å². The number of halogens is 7. The molecule has 242 valence electrons. The molecule has 45 heavy (non-hydrogen) atoms. The molecule has 1 aliphatic rings. The molecule has 0 fully saturated rings. The Morgan fingerprint density at radius 3 is 2.27 bits per heavy atom. The van der Waals surface area contributed by atoms with E-state index < -0.39 is 48.2 Å². The number of hydrogen-bond donors (Lipinski definition) is 2. The lowest BCUT2D eigenvalue weighted by molar-refractivity contribution is -0.274. The fraction of sp³-hybridized carbons (Fsp3) is 0.423. The van der Waals surface area contributed by atoms with Gasteiger partial charge in [-0.3, -0.25) is 19.3 Å². The number of dihydropyridines is 1. The summed E-state index contributed by atoms with van der Waals surface area (Å²) in [6, 6.07) is 3.24. The minimum absolute atomic E-state index is 0.0323. The van der Waals surface area contributed by atoms with Crippen molar-refractivity contribution in [1.82, 2.24) is 40.6 Å². The van der Waals surface area contributed by atoms with Crippen molar-refractivity contribution in [3.8, 4) is 5.75 Å². The first kappa shape index (κ1) is 33.1. The van der Waals surface area contributed by atoms with Crippen LogP contribution in [-0.2, 0) is 19.6 Å². The number of aliphatic imine (C=N–C) groups is 1. The normalized spacial score (nSPS) is 17.5. The Bertz CT molecular complexity index is 1550. The van der Waals surface area contributed by atoms with Gasteiger partial charge < -0.3 is 15.4 Å². The molecule has 2 N–H and O–H groups in total. The van der Waals surface area contributed by atoms with Crippen LogP contribution in [0.2, 0.25) is 0 Å². The Morgan fingerprint density at radius 1 is 0.978 bits per heavy atom. The highest BCUT2D eigenvalue weighted by atomic mass is 19.4. The number of hydrogen-bond acceptors (Lipinski definition) is 8. The van der Waals surface area contributed by atoms with E-state index in [2.05, 4.69) is 41.0 Å². The fourth-order valence-corrected chi connectivity index (χ4v) is 4.24. The summed E-state index contributed by atoms with van der Waals surface area (Å²) in [7, 11) is 0. The molecular weight excluding hydrogens is 619 g/mol. The first-order valence-corrected chi connectivity index (χ1v) is 13.3. The molecule has 19 heteroatoms. The van der Waals surface area contributed by atoms with Crippen molar-refractivity contribution in [2.45, 2.75) is 57.7 Å². The number of aryl methyl sites for hydroxylation is 1. The maximum atomic E-state index is 14.6. The summed E-state index contributed by atoms with van der Waals surface area (Å²) in [4.78, 5) is 28.3. The number of amides is 2. The molecule has 3 aromatic rings. The Labute approximate surface area is 250 Å². The third-order valence-corrected chi connectivity index (χ3v) is 6.35. The molecule has 2 aromatic heterocycles. The Hall–Kier alpha value is -4.84. The van der Waals surface area contributed by atoms with Gasteiger partial charge in [0.25, 0.3) is 11.8 Å². The molecule has 3 heterocycles. The predicted molar refractivity (Wildman–Crippen MR) is 142 cm³/mol. The molecule has 1 aromatic carbocycles. The van der Waals surface area contributed by atoms with Gasteiger partial charge in [0, 0.05) is 38.2 Å². The summed E-state index contributed by atoms with van der Waals surface area (Å²) in [5.74, 6) is -2.64. The number of aromatic nitrogens is 6. The van der Waals surface area contributed by atoms with Gasteiger partial charge >= 0.3 is 12.5 Å². The van der Waals surface area contributed by atoms with Gasteiger partial charge in [-0.1, -0.05) is 35.6 Å². The molecule has 2 amide bonds. The van der Waals surface area contributed by atoms with Crippen LogP contribution >= 0.6 is 0 Å². The van der Waals surface area contributed by atoms with E-state index in [-0.39, 0.29) is 44.0 Å². The van der Waals surface area contributed by atoms with E-state index in [9.17, 15) is 40.3 Å². The topological polar surface area (TPSA) is 141 Å². The minimum atomic E-state index is -4.85. The van der Waals surface area contributed by atoms with Crippen molar-refractivity contribution in [2.75, 3.05) is 6.54 Å². The van der Waals surface area contributed by atoms with Crippen LogP contribution in [0.5, 0.6) is 5.75 Å². The predicted octanol–water partition coefficient (Wildman–Crippen LogP) is 3.43. The highest BCUT2D eigenvalue weighted by Gasteiger charge is 2.43. The van der Waals surface area contributed by atoms with Crippen LogP contribution in [0.1, 0.15) is 39.9 Å². The first-order valence-electron chi connectivity index (χ1n) is 13.3. The van der Waals surface area contributed by atoms with E-state index in [0.717, 1.165) is 23.0 Å². The second-order valence-corrected chi connectivity index (χ2v) is 10.0. The van der Waals surface area contributed by atoms with E-state index >= 15 is 0 Å². The van der Waals surface area contributed by atoms with Crippen molar-refractivity contribution < 1.29 is 45.1 Å². The number of carbonyl (C=O) groups excluding carboxylic acids is 2. The monoisotopic (exact) mass is 645 g/mol. The Balaban J connectivity index is 1.19. The Kier molecular flexibility index (Phi) is 10.2. The zero-order chi connectivity index (χ0) is 32.8. The lowest BCUT2D eigenvalue weighted by Gasteiger charge is -2.24. The van der Waals surface area contributed by atoms with Crippen LogP contribution in [-0.4, -0.2) is 79.3 Å². The largest absolute Gasteiger partial charge is 0.573 e. The number of benzene rings is 1. The van der Waals surface area contributed by atoms with Gasteiger partial charge in [0.2, 0.25) is 0 Å². The van der Waals surface area contributed by atoms with Crippen LogP contribution in [0, 0.1) is 5.92 Å². The standard InChI is InChI=1S/C26H26F7N9O3/c1-15-7-17(10-34-22(15)25(28,29)30)11-36-24(44)21-14-42(40-38-21)12-18(27)5-6-41-13-20(37-39-41)23(43)35-9-16-3-2-4-19(8-16)45-26(31,32)33/h2-4,7-8,10,13-15,18,22H,5-6,9,11-12H2,1H3,(H,35,43)(H,36,44). The van der Waals surface area contributed by atoms with Crippen molar-refractivity contribution in [3.63, 3.8) is 0 Å². The molecule has 0 saturated carbocycles. The van der Waals surface area contributed by atoms with Gasteiger partial charge in [0.1, 0.15) is 11.9 Å². The zero-order valence-corrected chi connectivity index (χ0v) is 23.4. The summed E-state index contributed by atoms with van der Waals surface area (Å²) < 4.78 is 96.8. The van der Waals surface area contributed by atoms with Crippen molar-refractivity contribution in [1.29, 1.82) is 0 Å². The van der Waals surface area contributed by atoms with Crippen molar-refractivity contribution in [2.24, 2.45) is 10.9 Å². The summed E-state index contributed by atoms with van der Waals surface area (Å²) in [6.45, 7) is 0.955. The molecular formula is C26H26F7N9O3. The highest BCUT2D eigenvalue weighted by molar-refractivity contribution is 5.93. The van der Waals surface area contributed by atoms with Gasteiger partial charge in [0.05, 0.1) is 18.9 Å². The van der Waals surface area contributed by atoms with E-state index in [1.54, 1.807) is 0 Å². The van der Waals surface area contributed by atoms with Crippen molar-refractivity contribution in [3.05, 3.63) is 65.3 Å². The van der Waals surface area contributed by atoms with E-state index in [1.807, 2.05) is 0 Å². The summed E-state index contributed by atoms with van der Waals surface area (Å²) in [5, 5.41) is 19.9. The lowest BCUT2D eigenvalue weighted by Crippen LogP contribution is -2.36. The average Bonchev–Trinajstić information content (AvgIpc) is 3.62. The maximum absolute atomic E-state index is 14.6.